The van der Waals surface area contributed by atoms with Crippen LogP contribution in [0.5, 0.6) is 5.75 Å². The van der Waals surface area contributed by atoms with Crippen molar-refractivity contribution in [3.63, 3.8) is 0 Å². The second kappa shape index (κ2) is 9.44. The number of nitrogens with zero attached hydrogens (tertiary/aromatic N) is 1. The number of benzene rings is 1. The molecule has 0 radical (unpaired) electrons. The summed E-state index contributed by atoms with van der Waals surface area (Å²) in [6.07, 6.45) is 3.87. The minimum absolute atomic E-state index is 0.179. The van der Waals surface area contributed by atoms with Crippen LogP contribution in [0.15, 0.2) is 30.3 Å². The molecule has 0 unspecified atom stereocenters. The molecule has 2 rings (SSSR count). The molecule has 0 spiro atoms. The van der Waals surface area contributed by atoms with E-state index in [1.807, 2.05) is 52.0 Å². The SMILES string of the molecule is CCOc1ccc(/C=C/C(=O)OC2CCN(C(=O)OC(C)(C)C)CC2)cc1. The number of hydrogen-bond donors (Lipinski definition) is 0. The molecule has 1 saturated heterocycles. The Morgan fingerprint density at radius 1 is 1.15 bits per heavy atom. The number of carbonyl (C=O) groups is 2. The zero-order chi connectivity index (χ0) is 19.9. The standard InChI is InChI=1S/C21H29NO5/c1-5-25-17-9-6-16(7-10-17)8-11-19(23)26-18-12-14-22(15-13-18)20(24)27-21(2,3)4/h6-11,18H,5,12-15H2,1-4H3/b11-8+. The Morgan fingerprint density at radius 3 is 2.33 bits per heavy atom. The van der Waals surface area contributed by atoms with E-state index in [-0.39, 0.29) is 18.2 Å². The predicted octanol–water partition coefficient (Wildman–Crippen LogP) is 4.04. The summed E-state index contributed by atoms with van der Waals surface area (Å²) in [5, 5.41) is 0. The zero-order valence-electron chi connectivity index (χ0n) is 16.6. The molecular weight excluding hydrogens is 346 g/mol. The molecule has 0 atom stereocenters. The van der Waals surface area contributed by atoms with Crippen LogP contribution in [0.1, 0.15) is 46.1 Å². The average Bonchev–Trinajstić information content (AvgIpc) is 2.60. The summed E-state index contributed by atoms with van der Waals surface area (Å²) in [4.78, 5) is 25.7. The lowest BCUT2D eigenvalue weighted by Gasteiger charge is -2.33. The Hall–Kier alpha value is -2.50. The van der Waals surface area contributed by atoms with Crippen molar-refractivity contribution in [3.05, 3.63) is 35.9 Å². The van der Waals surface area contributed by atoms with Gasteiger partial charge in [-0.05, 0) is 51.5 Å². The van der Waals surface area contributed by atoms with Gasteiger partial charge in [0.15, 0.2) is 0 Å². The van der Waals surface area contributed by atoms with Gasteiger partial charge < -0.3 is 19.1 Å². The third kappa shape index (κ3) is 7.33. The summed E-state index contributed by atoms with van der Waals surface area (Å²) in [5.74, 6) is 0.425. The van der Waals surface area contributed by atoms with E-state index in [0.29, 0.717) is 32.5 Å². The fraction of sp³-hybridized carbons (Fsp3) is 0.524. The van der Waals surface area contributed by atoms with Crippen molar-refractivity contribution in [1.82, 2.24) is 4.90 Å². The Kier molecular flexibility index (Phi) is 7.28. The van der Waals surface area contributed by atoms with Gasteiger partial charge in [0, 0.05) is 32.0 Å². The van der Waals surface area contributed by atoms with Crippen LogP contribution in [0.2, 0.25) is 0 Å². The van der Waals surface area contributed by atoms with Crippen molar-refractivity contribution >= 4 is 18.1 Å². The number of carbonyl (C=O) groups excluding carboxylic acids is 2. The van der Waals surface area contributed by atoms with Gasteiger partial charge in [-0.1, -0.05) is 12.1 Å². The van der Waals surface area contributed by atoms with Crippen molar-refractivity contribution < 1.29 is 23.8 Å². The number of likely N-dealkylation sites (tertiary alicyclic amines) is 1. The normalized spacial score (nSPS) is 15.6. The molecule has 1 aromatic carbocycles. The first-order chi connectivity index (χ1) is 12.8. The van der Waals surface area contributed by atoms with Gasteiger partial charge in [0.1, 0.15) is 17.5 Å². The first-order valence-electron chi connectivity index (χ1n) is 9.36. The van der Waals surface area contributed by atoms with Crippen molar-refractivity contribution in [2.75, 3.05) is 19.7 Å². The first-order valence-corrected chi connectivity index (χ1v) is 9.36. The molecule has 1 amide bonds. The predicted molar refractivity (Wildman–Crippen MR) is 104 cm³/mol. The van der Waals surface area contributed by atoms with E-state index in [1.165, 1.54) is 6.08 Å². The maximum atomic E-state index is 12.0. The number of ether oxygens (including phenoxy) is 3. The Bertz CT molecular complexity index is 652. The quantitative estimate of drug-likeness (QED) is 0.574. The van der Waals surface area contributed by atoms with E-state index in [1.54, 1.807) is 11.0 Å². The molecule has 1 fully saturated rings. The Morgan fingerprint density at radius 2 is 1.78 bits per heavy atom. The number of amides is 1. The molecule has 0 aromatic heterocycles. The number of piperidine rings is 1. The molecule has 6 heteroatoms. The lowest BCUT2D eigenvalue weighted by Crippen LogP contribution is -2.43. The van der Waals surface area contributed by atoms with E-state index in [2.05, 4.69) is 0 Å². The minimum atomic E-state index is -0.508. The highest BCUT2D eigenvalue weighted by Gasteiger charge is 2.28. The number of hydrogen-bond acceptors (Lipinski definition) is 5. The van der Waals surface area contributed by atoms with E-state index in [9.17, 15) is 9.59 Å². The van der Waals surface area contributed by atoms with Gasteiger partial charge in [0.05, 0.1) is 6.61 Å². The number of esters is 1. The van der Waals surface area contributed by atoms with Crippen molar-refractivity contribution in [2.45, 2.75) is 52.2 Å². The van der Waals surface area contributed by atoms with Crippen LogP contribution in [0, 0.1) is 0 Å². The third-order valence-electron chi connectivity index (χ3n) is 3.98. The summed E-state index contributed by atoms with van der Waals surface area (Å²) in [6.45, 7) is 9.13. The lowest BCUT2D eigenvalue weighted by atomic mass is 10.1. The summed E-state index contributed by atoms with van der Waals surface area (Å²) in [5.41, 5.74) is 0.390. The number of rotatable bonds is 5. The highest BCUT2D eigenvalue weighted by atomic mass is 16.6. The molecule has 148 valence electrons. The summed E-state index contributed by atoms with van der Waals surface area (Å²) < 4.78 is 16.2. The van der Waals surface area contributed by atoms with Crippen LogP contribution < -0.4 is 4.74 Å². The maximum absolute atomic E-state index is 12.0. The summed E-state index contributed by atoms with van der Waals surface area (Å²) in [6, 6.07) is 7.49. The topological polar surface area (TPSA) is 65.1 Å². The van der Waals surface area contributed by atoms with Gasteiger partial charge in [0.2, 0.25) is 0 Å². The molecular formula is C21H29NO5. The Labute approximate surface area is 161 Å². The van der Waals surface area contributed by atoms with Gasteiger partial charge in [0.25, 0.3) is 0 Å². The Balaban J connectivity index is 1.76. The molecule has 1 aliphatic rings. The monoisotopic (exact) mass is 375 g/mol. The zero-order valence-corrected chi connectivity index (χ0v) is 16.6. The van der Waals surface area contributed by atoms with Crippen molar-refractivity contribution in [2.24, 2.45) is 0 Å². The van der Waals surface area contributed by atoms with E-state index < -0.39 is 5.60 Å². The van der Waals surface area contributed by atoms with E-state index in [4.69, 9.17) is 14.2 Å². The molecule has 0 aliphatic carbocycles. The smallest absolute Gasteiger partial charge is 0.410 e. The molecule has 0 saturated carbocycles. The molecule has 1 heterocycles. The molecule has 27 heavy (non-hydrogen) atoms. The van der Waals surface area contributed by atoms with Crippen LogP contribution in [0.4, 0.5) is 4.79 Å². The van der Waals surface area contributed by atoms with E-state index >= 15 is 0 Å². The summed E-state index contributed by atoms with van der Waals surface area (Å²) in [7, 11) is 0. The fourth-order valence-corrected chi connectivity index (χ4v) is 2.69. The van der Waals surface area contributed by atoms with Gasteiger partial charge >= 0.3 is 12.1 Å². The van der Waals surface area contributed by atoms with Crippen LogP contribution >= 0.6 is 0 Å². The van der Waals surface area contributed by atoms with Gasteiger partial charge in [-0.25, -0.2) is 9.59 Å². The maximum Gasteiger partial charge on any atom is 0.410 e. The first kappa shape index (κ1) is 20.8. The summed E-state index contributed by atoms with van der Waals surface area (Å²) >= 11 is 0. The van der Waals surface area contributed by atoms with E-state index in [0.717, 1.165) is 11.3 Å². The molecule has 1 aromatic rings. The molecule has 1 aliphatic heterocycles. The second-order valence-corrected chi connectivity index (χ2v) is 7.44. The van der Waals surface area contributed by atoms with Crippen LogP contribution in [0.25, 0.3) is 6.08 Å². The van der Waals surface area contributed by atoms with Crippen LogP contribution in [0.3, 0.4) is 0 Å². The molecule has 0 bridgehead atoms. The van der Waals surface area contributed by atoms with Gasteiger partial charge in [-0.15, -0.1) is 0 Å². The van der Waals surface area contributed by atoms with Gasteiger partial charge in [-0.2, -0.15) is 0 Å². The van der Waals surface area contributed by atoms with Gasteiger partial charge in [-0.3, -0.25) is 0 Å². The van der Waals surface area contributed by atoms with Crippen LogP contribution in [-0.2, 0) is 14.3 Å². The molecule has 0 N–H and O–H groups in total. The van der Waals surface area contributed by atoms with Crippen molar-refractivity contribution in [1.29, 1.82) is 0 Å². The molecule has 6 nitrogen and oxygen atoms in total. The highest BCUT2D eigenvalue weighted by Crippen LogP contribution is 2.18. The highest BCUT2D eigenvalue weighted by molar-refractivity contribution is 5.87. The minimum Gasteiger partial charge on any atom is -0.494 e. The lowest BCUT2D eigenvalue weighted by molar-refractivity contribution is -0.144. The second-order valence-electron chi connectivity index (χ2n) is 7.44. The van der Waals surface area contributed by atoms with Crippen LogP contribution in [-0.4, -0.2) is 48.4 Å². The third-order valence-corrected chi connectivity index (χ3v) is 3.98. The average molecular weight is 375 g/mol. The fourth-order valence-electron chi connectivity index (χ4n) is 2.69. The van der Waals surface area contributed by atoms with Crippen molar-refractivity contribution in [3.8, 4) is 5.75 Å². The largest absolute Gasteiger partial charge is 0.494 e.